The predicted octanol–water partition coefficient (Wildman–Crippen LogP) is 6.61. The minimum absolute atomic E-state index is 0.0704. The Kier molecular flexibility index (Phi) is 7.24. The van der Waals surface area contributed by atoms with Gasteiger partial charge in [-0.25, -0.2) is 4.39 Å². The minimum atomic E-state index is -0.454. The second-order valence-electron chi connectivity index (χ2n) is 7.59. The third-order valence-electron chi connectivity index (χ3n) is 5.38. The summed E-state index contributed by atoms with van der Waals surface area (Å²) in [4.78, 5) is 27.0. The molecule has 1 heterocycles. The molecule has 1 aliphatic heterocycles. The predicted molar refractivity (Wildman–Crippen MR) is 131 cm³/mol. The quantitative estimate of drug-likeness (QED) is 0.344. The Morgan fingerprint density at radius 2 is 1.85 bits per heavy atom. The number of amides is 2. The van der Waals surface area contributed by atoms with Crippen LogP contribution in [0.1, 0.15) is 22.3 Å². The van der Waals surface area contributed by atoms with Crippen molar-refractivity contribution in [1.29, 1.82) is 0 Å². The zero-order chi connectivity index (χ0) is 24.2. The molecule has 174 valence electrons. The topological polar surface area (TPSA) is 55.8 Å². The van der Waals surface area contributed by atoms with Gasteiger partial charge in [0.1, 0.15) is 12.4 Å². The van der Waals surface area contributed by atoms with E-state index in [-0.39, 0.29) is 34.9 Å². The molecule has 5 nitrogen and oxygen atoms in total. The lowest BCUT2D eigenvalue weighted by molar-refractivity contribution is -0.123. The number of halogens is 2. The molecule has 0 radical (unpaired) electrons. The van der Waals surface area contributed by atoms with Crippen LogP contribution in [-0.4, -0.2) is 23.2 Å². The fourth-order valence-corrected chi connectivity index (χ4v) is 4.51. The van der Waals surface area contributed by atoms with Crippen molar-refractivity contribution in [3.8, 4) is 11.5 Å². The van der Waals surface area contributed by atoms with E-state index in [0.29, 0.717) is 22.0 Å². The third kappa shape index (κ3) is 5.11. The van der Waals surface area contributed by atoms with Crippen molar-refractivity contribution in [2.45, 2.75) is 20.1 Å². The summed E-state index contributed by atoms with van der Waals surface area (Å²) in [6.07, 6.45) is 1.64. The molecule has 1 saturated heterocycles. The monoisotopic (exact) mass is 497 g/mol. The van der Waals surface area contributed by atoms with Gasteiger partial charge in [0.25, 0.3) is 11.1 Å². The highest BCUT2D eigenvalue weighted by Gasteiger charge is 2.35. The lowest BCUT2D eigenvalue weighted by Crippen LogP contribution is -2.27. The van der Waals surface area contributed by atoms with Crippen LogP contribution in [0.15, 0.2) is 65.6 Å². The summed E-state index contributed by atoms with van der Waals surface area (Å²) in [5, 5.41) is -0.0369. The van der Waals surface area contributed by atoms with Crippen molar-refractivity contribution in [3.63, 3.8) is 0 Å². The molecule has 0 aromatic heterocycles. The smallest absolute Gasteiger partial charge is 0.293 e. The van der Waals surface area contributed by atoms with Crippen LogP contribution >= 0.6 is 23.4 Å². The van der Waals surface area contributed by atoms with Crippen LogP contribution in [0.4, 0.5) is 9.18 Å². The summed E-state index contributed by atoms with van der Waals surface area (Å²) in [6, 6.07) is 17.2. The van der Waals surface area contributed by atoms with Crippen molar-refractivity contribution < 1.29 is 23.5 Å². The van der Waals surface area contributed by atoms with E-state index in [2.05, 4.69) is 0 Å². The highest BCUT2D eigenvalue weighted by Crippen LogP contribution is 2.36. The second-order valence-corrected chi connectivity index (χ2v) is 8.99. The maximum atomic E-state index is 14.0. The Hall–Kier alpha value is -3.29. The average molecular weight is 498 g/mol. The van der Waals surface area contributed by atoms with Gasteiger partial charge in [-0.05, 0) is 65.7 Å². The van der Waals surface area contributed by atoms with Crippen molar-refractivity contribution in [1.82, 2.24) is 4.90 Å². The summed E-state index contributed by atoms with van der Waals surface area (Å²) in [7, 11) is 1.48. The molecule has 1 aliphatic rings. The molecule has 0 N–H and O–H groups in total. The minimum Gasteiger partial charge on any atom is -0.493 e. The van der Waals surface area contributed by atoms with Gasteiger partial charge in [0.05, 0.1) is 23.6 Å². The van der Waals surface area contributed by atoms with Crippen LogP contribution in [0.3, 0.4) is 0 Å². The molecule has 0 aliphatic carbocycles. The lowest BCUT2D eigenvalue weighted by atomic mass is 10.1. The molecule has 0 saturated carbocycles. The molecule has 34 heavy (non-hydrogen) atoms. The Morgan fingerprint density at radius 3 is 2.59 bits per heavy atom. The first kappa shape index (κ1) is 23.9. The number of thioether (sulfide) groups is 1. The zero-order valence-electron chi connectivity index (χ0n) is 18.5. The molecule has 4 rings (SSSR count). The van der Waals surface area contributed by atoms with Gasteiger partial charge < -0.3 is 9.47 Å². The normalized spacial score (nSPS) is 14.7. The lowest BCUT2D eigenvalue weighted by Gasteiger charge is -2.14. The molecular formula is C26H21ClFNO4S. The summed E-state index contributed by atoms with van der Waals surface area (Å²) in [5.74, 6) is 0.00299. The molecule has 0 spiro atoms. The number of imide groups is 1. The average Bonchev–Trinajstić information content (AvgIpc) is 3.08. The van der Waals surface area contributed by atoms with E-state index in [4.69, 9.17) is 21.1 Å². The standard InChI is InChI=1S/C26H21ClFNO4S/c1-16-6-3-4-7-18(16)14-29-25(30)24(34-26(29)31)13-17-10-11-22(23(12-17)32-2)33-15-19-20(27)8-5-9-21(19)28/h3-13H,14-15H2,1-2H3/b24-13-. The van der Waals surface area contributed by atoms with Gasteiger partial charge in [0, 0.05) is 5.56 Å². The highest BCUT2D eigenvalue weighted by atomic mass is 35.5. The fraction of sp³-hybridized carbons (Fsp3) is 0.154. The van der Waals surface area contributed by atoms with Crippen molar-refractivity contribution in [2.24, 2.45) is 0 Å². The number of methoxy groups -OCH3 is 1. The van der Waals surface area contributed by atoms with Gasteiger partial charge in [0.15, 0.2) is 11.5 Å². The molecule has 8 heteroatoms. The van der Waals surface area contributed by atoms with E-state index in [1.807, 2.05) is 31.2 Å². The van der Waals surface area contributed by atoms with Gasteiger partial charge >= 0.3 is 0 Å². The Bertz CT molecular complexity index is 1270. The molecule has 0 atom stereocenters. The van der Waals surface area contributed by atoms with Gasteiger partial charge in [-0.3, -0.25) is 14.5 Å². The summed E-state index contributed by atoms with van der Waals surface area (Å²) in [6.45, 7) is 2.10. The number of hydrogen-bond donors (Lipinski definition) is 0. The van der Waals surface area contributed by atoms with Crippen molar-refractivity contribution in [3.05, 3.63) is 98.7 Å². The van der Waals surface area contributed by atoms with E-state index in [9.17, 15) is 14.0 Å². The van der Waals surface area contributed by atoms with Gasteiger partial charge in [-0.15, -0.1) is 0 Å². The van der Waals surface area contributed by atoms with Crippen LogP contribution in [-0.2, 0) is 17.9 Å². The fourth-order valence-electron chi connectivity index (χ4n) is 3.46. The second kappa shape index (κ2) is 10.3. The Morgan fingerprint density at radius 1 is 1.06 bits per heavy atom. The molecule has 3 aromatic carbocycles. The van der Waals surface area contributed by atoms with Crippen LogP contribution in [0.25, 0.3) is 6.08 Å². The van der Waals surface area contributed by atoms with Crippen LogP contribution < -0.4 is 9.47 Å². The summed E-state index contributed by atoms with van der Waals surface area (Å²) >= 11 is 6.96. The van der Waals surface area contributed by atoms with Crippen molar-refractivity contribution >= 4 is 40.6 Å². The van der Waals surface area contributed by atoms with E-state index in [0.717, 1.165) is 22.9 Å². The van der Waals surface area contributed by atoms with Crippen LogP contribution in [0.2, 0.25) is 5.02 Å². The molecule has 2 amide bonds. The van der Waals surface area contributed by atoms with Gasteiger partial charge in [-0.1, -0.05) is 48.0 Å². The van der Waals surface area contributed by atoms with Crippen LogP contribution in [0, 0.1) is 12.7 Å². The molecule has 1 fully saturated rings. The zero-order valence-corrected chi connectivity index (χ0v) is 20.1. The number of rotatable bonds is 7. The number of benzene rings is 3. The number of ether oxygens (including phenoxy) is 2. The SMILES string of the molecule is COc1cc(/C=C2\SC(=O)N(Cc3ccccc3C)C2=O)ccc1OCc1c(F)cccc1Cl. The van der Waals surface area contributed by atoms with Gasteiger partial charge in [0.2, 0.25) is 0 Å². The molecule has 0 bridgehead atoms. The number of carbonyl (C=O) groups is 2. The molecular weight excluding hydrogens is 477 g/mol. The Labute approximate surface area is 206 Å². The van der Waals surface area contributed by atoms with E-state index in [1.165, 1.54) is 24.1 Å². The Balaban J connectivity index is 1.51. The number of carbonyl (C=O) groups excluding carboxylic acids is 2. The van der Waals surface area contributed by atoms with Crippen molar-refractivity contribution in [2.75, 3.05) is 7.11 Å². The highest BCUT2D eigenvalue weighted by molar-refractivity contribution is 8.18. The maximum absolute atomic E-state index is 14.0. The van der Waals surface area contributed by atoms with E-state index < -0.39 is 5.82 Å². The molecule has 3 aromatic rings. The third-order valence-corrected chi connectivity index (χ3v) is 6.64. The maximum Gasteiger partial charge on any atom is 0.293 e. The van der Waals surface area contributed by atoms with Gasteiger partial charge in [-0.2, -0.15) is 0 Å². The van der Waals surface area contributed by atoms with Crippen LogP contribution in [0.5, 0.6) is 11.5 Å². The molecule has 0 unspecified atom stereocenters. The largest absolute Gasteiger partial charge is 0.493 e. The number of hydrogen-bond acceptors (Lipinski definition) is 5. The summed E-state index contributed by atoms with van der Waals surface area (Å²) in [5.41, 5.74) is 2.85. The number of aryl methyl sites for hydroxylation is 1. The first-order valence-electron chi connectivity index (χ1n) is 10.4. The number of nitrogens with zero attached hydrogens (tertiary/aromatic N) is 1. The van der Waals surface area contributed by atoms with E-state index >= 15 is 0 Å². The summed E-state index contributed by atoms with van der Waals surface area (Å²) < 4.78 is 25.2. The van der Waals surface area contributed by atoms with E-state index in [1.54, 1.807) is 30.3 Å². The first-order chi connectivity index (χ1) is 16.4. The first-order valence-corrected chi connectivity index (χ1v) is 11.6.